The highest BCUT2D eigenvalue weighted by Crippen LogP contribution is 2.36. The van der Waals surface area contributed by atoms with E-state index in [1.165, 1.54) is 6.20 Å². The molecule has 1 atom stereocenters. The van der Waals surface area contributed by atoms with Gasteiger partial charge in [0.15, 0.2) is 0 Å². The Labute approximate surface area is 169 Å². The van der Waals surface area contributed by atoms with Gasteiger partial charge in [-0.1, -0.05) is 55.7 Å². The van der Waals surface area contributed by atoms with E-state index in [2.05, 4.69) is 15.5 Å². The van der Waals surface area contributed by atoms with Crippen molar-refractivity contribution in [3.05, 3.63) is 70.6 Å². The van der Waals surface area contributed by atoms with E-state index in [1.54, 1.807) is 18.2 Å². The Morgan fingerprint density at radius 3 is 2.59 bits per heavy atom. The number of H-pyrrole nitrogens is 1. The standard InChI is InChI=1S/C23H25N3O3/c27-21-18-12-7-13-20(19(18)15-24-26-21)25-22(28)23(29,17-10-5-2-6-11-17)14-16-8-3-1-4-9-16/h1,3-4,7-9,12-13,15,17,29H,2,5-6,10-11,14H2,(H,25,28)(H,26,27). The smallest absolute Gasteiger partial charge is 0.272 e. The first-order chi connectivity index (χ1) is 14.1. The number of fused-ring (bicyclic) bond motifs is 1. The molecule has 0 saturated heterocycles. The van der Waals surface area contributed by atoms with E-state index in [9.17, 15) is 14.7 Å². The fraction of sp³-hybridized carbons (Fsp3) is 0.348. The van der Waals surface area contributed by atoms with Crippen LogP contribution in [0.2, 0.25) is 0 Å². The highest BCUT2D eigenvalue weighted by molar-refractivity contribution is 6.04. The number of amides is 1. The maximum atomic E-state index is 13.4. The molecule has 1 unspecified atom stereocenters. The van der Waals surface area contributed by atoms with Crippen LogP contribution in [-0.2, 0) is 11.2 Å². The van der Waals surface area contributed by atoms with Gasteiger partial charge in [0, 0.05) is 11.8 Å². The number of anilines is 1. The number of benzene rings is 2. The van der Waals surface area contributed by atoms with Crippen molar-refractivity contribution in [2.75, 3.05) is 5.32 Å². The summed E-state index contributed by atoms with van der Waals surface area (Å²) in [6.07, 6.45) is 6.60. The first-order valence-corrected chi connectivity index (χ1v) is 10.1. The minimum atomic E-state index is -1.52. The van der Waals surface area contributed by atoms with E-state index in [0.29, 0.717) is 16.5 Å². The SMILES string of the molecule is O=C(Nc1cccc2c(=O)[nH]ncc12)C(O)(Cc1ccccc1)C1CCCCC1. The van der Waals surface area contributed by atoms with Crippen LogP contribution in [0.5, 0.6) is 0 Å². The normalized spacial score (nSPS) is 17.0. The molecule has 1 aliphatic carbocycles. The molecule has 1 fully saturated rings. The second-order valence-corrected chi connectivity index (χ2v) is 7.84. The van der Waals surface area contributed by atoms with E-state index in [-0.39, 0.29) is 17.9 Å². The third kappa shape index (κ3) is 3.93. The van der Waals surface area contributed by atoms with Crippen LogP contribution in [0.15, 0.2) is 59.5 Å². The van der Waals surface area contributed by atoms with Gasteiger partial charge in [-0.05, 0) is 36.5 Å². The van der Waals surface area contributed by atoms with Crippen molar-refractivity contribution in [3.8, 4) is 0 Å². The van der Waals surface area contributed by atoms with Crippen LogP contribution in [0.1, 0.15) is 37.7 Å². The number of aliphatic hydroxyl groups is 1. The number of carbonyl (C=O) groups is 1. The summed E-state index contributed by atoms with van der Waals surface area (Å²) in [5.41, 5.74) is -0.427. The molecule has 4 rings (SSSR count). The molecular weight excluding hydrogens is 366 g/mol. The molecule has 0 bridgehead atoms. The topological polar surface area (TPSA) is 95.1 Å². The lowest BCUT2D eigenvalue weighted by Crippen LogP contribution is -2.51. The number of aromatic amines is 1. The molecule has 6 heteroatoms. The maximum absolute atomic E-state index is 13.4. The lowest BCUT2D eigenvalue weighted by atomic mass is 9.73. The molecule has 1 aromatic heterocycles. The number of rotatable bonds is 5. The summed E-state index contributed by atoms with van der Waals surface area (Å²) in [5.74, 6) is -0.533. The van der Waals surface area contributed by atoms with Gasteiger partial charge in [-0.3, -0.25) is 9.59 Å². The van der Waals surface area contributed by atoms with Crippen molar-refractivity contribution in [2.45, 2.75) is 44.1 Å². The quantitative estimate of drug-likeness (QED) is 0.621. The van der Waals surface area contributed by atoms with Crippen LogP contribution >= 0.6 is 0 Å². The molecule has 2 aromatic carbocycles. The second kappa shape index (κ2) is 8.17. The summed E-state index contributed by atoms with van der Waals surface area (Å²) in [5, 5.41) is 21.8. The van der Waals surface area contributed by atoms with Gasteiger partial charge in [-0.15, -0.1) is 0 Å². The van der Waals surface area contributed by atoms with Gasteiger partial charge in [-0.2, -0.15) is 5.10 Å². The number of nitrogens with zero attached hydrogens (tertiary/aromatic N) is 1. The number of hydrogen-bond donors (Lipinski definition) is 3. The van der Waals surface area contributed by atoms with Gasteiger partial charge >= 0.3 is 0 Å². The van der Waals surface area contributed by atoms with Crippen LogP contribution in [0.25, 0.3) is 10.8 Å². The monoisotopic (exact) mass is 391 g/mol. The predicted molar refractivity (Wildman–Crippen MR) is 113 cm³/mol. The average Bonchev–Trinajstić information content (AvgIpc) is 2.76. The van der Waals surface area contributed by atoms with Crippen molar-refractivity contribution in [1.82, 2.24) is 10.2 Å². The van der Waals surface area contributed by atoms with E-state index >= 15 is 0 Å². The summed E-state index contributed by atoms with van der Waals surface area (Å²) in [7, 11) is 0. The zero-order chi connectivity index (χ0) is 20.3. The third-order valence-electron chi connectivity index (χ3n) is 5.95. The molecule has 150 valence electrons. The first-order valence-electron chi connectivity index (χ1n) is 10.1. The first kappa shape index (κ1) is 19.3. The average molecular weight is 391 g/mol. The van der Waals surface area contributed by atoms with E-state index in [1.807, 2.05) is 30.3 Å². The fourth-order valence-corrected chi connectivity index (χ4v) is 4.35. The number of aromatic nitrogens is 2. The molecular formula is C23H25N3O3. The molecule has 1 aliphatic rings. The Hall–Kier alpha value is -2.99. The van der Waals surface area contributed by atoms with Crippen molar-refractivity contribution in [3.63, 3.8) is 0 Å². The van der Waals surface area contributed by atoms with Gasteiger partial charge in [0.25, 0.3) is 11.5 Å². The minimum absolute atomic E-state index is 0.104. The zero-order valence-corrected chi connectivity index (χ0v) is 16.2. The van der Waals surface area contributed by atoms with Crippen molar-refractivity contribution >= 4 is 22.4 Å². The minimum Gasteiger partial charge on any atom is -0.379 e. The Bertz CT molecular complexity index is 1060. The number of carbonyl (C=O) groups excluding carboxylic acids is 1. The fourth-order valence-electron chi connectivity index (χ4n) is 4.35. The highest BCUT2D eigenvalue weighted by atomic mass is 16.3. The Morgan fingerprint density at radius 2 is 1.83 bits per heavy atom. The Kier molecular flexibility index (Phi) is 5.45. The van der Waals surface area contributed by atoms with E-state index in [4.69, 9.17) is 0 Å². The summed E-state index contributed by atoms with van der Waals surface area (Å²) in [6, 6.07) is 14.7. The molecule has 0 spiro atoms. The largest absolute Gasteiger partial charge is 0.379 e. The van der Waals surface area contributed by atoms with Crippen molar-refractivity contribution < 1.29 is 9.90 Å². The Balaban J connectivity index is 1.68. The van der Waals surface area contributed by atoms with Crippen LogP contribution in [0.3, 0.4) is 0 Å². The third-order valence-corrected chi connectivity index (χ3v) is 5.95. The zero-order valence-electron chi connectivity index (χ0n) is 16.2. The van der Waals surface area contributed by atoms with E-state index < -0.39 is 11.5 Å². The predicted octanol–water partition coefficient (Wildman–Crippen LogP) is 3.42. The van der Waals surface area contributed by atoms with Gasteiger partial charge in [0.05, 0.1) is 17.3 Å². The lowest BCUT2D eigenvalue weighted by molar-refractivity contribution is -0.141. The van der Waals surface area contributed by atoms with Crippen LogP contribution in [0.4, 0.5) is 5.69 Å². The molecule has 1 saturated carbocycles. The molecule has 1 heterocycles. The molecule has 6 nitrogen and oxygen atoms in total. The van der Waals surface area contributed by atoms with Crippen LogP contribution in [-0.4, -0.2) is 26.8 Å². The highest BCUT2D eigenvalue weighted by Gasteiger charge is 2.44. The molecule has 3 aromatic rings. The van der Waals surface area contributed by atoms with Crippen LogP contribution < -0.4 is 10.9 Å². The Morgan fingerprint density at radius 1 is 1.07 bits per heavy atom. The molecule has 29 heavy (non-hydrogen) atoms. The van der Waals surface area contributed by atoms with Gasteiger partial charge in [0.2, 0.25) is 0 Å². The van der Waals surface area contributed by atoms with E-state index in [0.717, 1.165) is 37.7 Å². The molecule has 0 aliphatic heterocycles. The van der Waals surface area contributed by atoms with Crippen LogP contribution in [0, 0.1) is 5.92 Å². The van der Waals surface area contributed by atoms with Gasteiger partial charge in [-0.25, -0.2) is 5.10 Å². The van der Waals surface area contributed by atoms with Crippen molar-refractivity contribution in [1.29, 1.82) is 0 Å². The second-order valence-electron chi connectivity index (χ2n) is 7.84. The summed E-state index contributed by atoms with van der Waals surface area (Å²) >= 11 is 0. The summed E-state index contributed by atoms with van der Waals surface area (Å²) < 4.78 is 0. The molecule has 3 N–H and O–H groups in total. The summed E-state index contributed by atoms with van der Waals surface area (Å²) in [4.78, 5) is 25.4. The summed E-state index contributed by atoms with van der Waals surface area (Å²) in [6.45, 7) is 0. The molecule has 0 radical (unpaired) electrons. The molecule has 1 amide bonds. The number of hydrogen-bond acceptors (Lipinski definition) is 4. The van der Waals surface area contributed by atoms with Gasteiger partial charge < -0.3 is 10.4 Å². The number of nitrogens with one attached hydrogen (secondary N) is 2. The van der Waals surface area contributed by atoms with Crippen molar-refractivity contribution in [2.24, 2.45) is 5.92 Å². The maximum Gasteiger partial charge on any atom is 0.272 e. The lowest BCUT2D eigenvalue weighted by Gasteiger charge is -2.37. The van der Waals surface area contributed by atoms with Gasteiger partial charge in [0.1, 0.15) is 5.60 Å².